The molecule has 2 rings (SSSR count). The zero-order valence-corrected chi connectivity index (χ0v) is 10.4. The summed E-state index contributed by atoms with van der Waals surface area (Å²) >= 11 is 6.01. The minimum absolute atomic E-state index is 0.355. The first-order valence-electron chi connectivity index (χ1n) is 5.52. The zero-order valence-electron chi connectivity index (χ0n) is 9.61. The minimum Gasteiger partial charge on any atom is -0.271 e. The first-order valence-corrected chi connectivity index (χ1v) is 5.90. The summed E-state index contributed by atoms with van der Waals surface area (Å²) in [7, 11) is 0. The van der Waals surface area contributed by atoms with Gasteiger partial charge in [-0.2, -0.15) is 0 Å². The van der Waals surface area contributed by atoms with Crippen LogP contribution < -0.4 is 11.3 Å². The van der Waals surface area contributed by atoms with E-state index < -0.39 is 6.04 Å². The van der Waals surface area contributed by atoms with Crippen LogP contribution in [0.25, 0.3) is 0 Å². The normalized spacial score (nSPS) is 12.4. The van der Waals surface area contributed by atoms with E-state index in [1.807, 2.05) is 18.2 Å². The average molecular weight is 266 g/mol. The molecule has 1 heterocycles. The Morgan fingerprint density at radius 2 is 2.11 bits per heavy atom. The van der Waals surface area contributed by atoms with Crippen LogP contribution in [0.3, 0.4) is 0 Å². The number of hydrogen-bond donors (Lipinski definition) is 2. The van der Waals surface area contributed by atoms with Gasteiger partial charge in [0.05, 0.1) is 6.04 Å². The molecule has 0 saturated heterocycles. The highest BCUT2D eigenvalue weighted by atomic mass is 35.5. The number of hydrogen-bond acceptors (Lipinski definition) is 3. The second-order valence-electron chi connectivity index (χ2n) is 3.88. The monoisotopic (exact) mass is 265 g/mol. The number of nitrogens with two attached hydrogens (primary N) is 1. The van der Waals surface area contributed by atoms with Gasteiger partial charge in [-0.25, -0.2) is 4.39 Å². The van der Waals surface area contributed by atoms with E-state index in [1.54, 1.807) is 18.3 Å². The summed E-state index contributed by atoms with van der Waals surface area (Å²) in [5.74, 6) is 5.11. The Morgan fingerprint density at radius 1 is 1.28 bits per heavy atom. The van der Waals surface area contributed by atoms with E-state index in [0.29, 0.717) is 17.0 Å². The molecule has 0 aliphatic heterocycles. The molecule has 0 bridgehead atoms. The van der Waals surface area contributed by atoms with Crippen molar-refractivity contribution < 1.29 is 4.39 Å². The molecule has 3 nitrogen and oxygen atoms in total. The number of rotatable bonds is 4. The van der Waals surface area contributed by atoms with Crippen molar-refractivity contribution in [2.24, 2.45) is 5.84 Å². The highest BCUT2D eigenvalue weighted by Gasteiger charge is 2.18. The predicted octanol–water partition coefficient (Wildman–Crippen LogP) is 2.62. The summed E-state index contributed by atoms with van der Waals surface area (Å²) in [6.45, 7) is 0. The molecule has 1 atom stereocenters. The Bertz CT molecular complexity index is 499. The molecule has 0 radical (unpaired) electrons. The molecule has 18 heavy (non-hydrogen) atoms. The summed E-state index contributed by atoms with van der Waals surface area (Å²) in [6, 6.07) is 9.72. The van der Waals surface area contributed by atoms with Crippen molar-refractivity contribution in [1.29, 1.82) is 0 Å². The lowest BCUT2D eigenvalue weighted by Crippen LogP contribution is -2.30. The maximum Gasteiger partial charge on any atom is 0.129 e. The van der Waals surface area contributed by atoms with Crippen LogP contribution in [0.15, 0.2) is 42.6 Å². The molecular formula is C13H13ClFN3. The largest absolute Gasteiger partial charge is 0.271 e. The van der Waals surface area contributed by atoms with Gasteiger partial charge in [0.15, 0.2) is 0 Å². The van der Waals surface area contributed by atoms with Crippen LogP contribution in [0.4, 0.5) is 4.39 Å². The molecule has 0 fully saturated rings. The van der Waals surface area contributed by atoms with Gasteiger partial charge in [0.1, 0.15) is 5.82 Å². The van der Waals surface area contributed by atoms with Gasteiger partial charge in [-0.05, 0) is 24.3 Å². The lowest BCUT2D eigenvalue weighted by Gasteiger charge is -2.18. The van der Waals surface area contributed by atoms with Crippen LogP contribution in [0.5, 0.6) is 0 Å². The van der Waals surface area contributed by atoms with Crippen LogP contribution >= 0.6 is 11.6 Å². The number of nitrogens with zero attached hydrogens (tertiary/aromatic N) is 1. The molecule has 5 heteroatoms. The third-order valence-corrected chi connectivity index (χ3v) is 3.02. The van der Waals surface area contributed by atoms with Crippen LogP contribution in [-0.2, 0) is 6.42 Å². The lowest BCUT2D eigenvalue weighted by molar-refractivity contribution is 0.507. The minimum atomic E-state index is -0.409. The van der Waals surface area contributed by atoms with Crippen LogP contribution in [0.1, 0.15) is 17.3 Å². The van der Waals surface area contributed by atoms with Crippen LogP contribution in [0, 0.1) is 5.82 Å². The fraction of sp³-hybridized carbons (Fsp3) is 0.154. The van der Waals surface area contributed by atoms with E-state index in [0.717, 1.165) is 5.69 Å². The standard InChI is InChI=1S/C13H13ClFN3/c14-10-5-3-6-11(15)13(10)12(18-16)8-9-4-1-2-7-17-9/h1-7,12,18H,8,16H2. The van der Waals surface area contributed by atoms with Crippen molar-refractivity contribution >= 4 is 11.6 Å². The van der Waals surface area contributed by atoms with Gasteiger partial charge >= 0.3 is 0 Å². The Morgan fingerprint density at radius 3 is 2.72 bits per heavy atom. The SMILES string of the molecule is NNC(Cc1ccccn1)c1c(F)cccc1Cl. The van der Waals surface area contributed by atoms with Gasteiger partial charge in [-0.1, -0.05) is 23.7 Å². The van der Waals surface area contributed by atoms with E-state index in [2.05, 4.69) is 10.4 Å². The molecule has 0 amide bonds. The van der Waals surface area contributed by atoms with Gasteiger partial charge < -0.3 is 0 Å². The van der Waals surface area contributed by atoms with Gasteiger partial charge in [0, 0.05) is 28.9 Å². The molecule has 94 valence electrons. The molecule has 1 aromatic heterocycles. The first-order chi connectivity index (χ1) is 8.72. The predicted molar refractivity (Wildman–Crippen MR) is 69.4 cm³/mol. The maximum absolute atomic E-state index is 13.8. The average Bonchev–Trinajstić information content (AvgIpc) is 2.38. The Balaban J connectivity index is 2.29. The summed E-state index contributed by atoms with van der Waals surface area (Å²) in [5, 5.41) is 0.355. The summed E-state index contributed by atoms with van der Waals surface area (Å²) in [4.78, 5) is 4.19. The maximum atomic E-state index is 13.8. The van der Waals surface area contributed by atoms with E-state index in [4.69, 9.17) is 17.4 Å². The van der Waals surface area contributed by atoms with Crippen molar-refractivity contribution in [1.82, 2.24) is 10.4 Å². The fourth-order valence-corrected chi connectivity index (χ4v) is 2.11. The van der Waals surface area contributed by atoms with E-state index >= 15 is 0 Å². The molecule has 0 aliphatic carbocycles. The first kappa shape index (κ1) is 13.0. The van der Waals surface area contributed by atoms with Crippen LogP contribution in [0.2, 0.25) is 5.02 Å². The quantitative estimate of drug-likeness (QED) is 0.660. The summed E-state index contributed by atoms with van der Waals surface area (Å²) in [5.41, 5.74) is 3.77. The van der Waals surface area contributed by atoms with Crippen molar-refractivity contribution in [3.05, 3.63) is 64.7 Å². The van der Waals surface area contributed by atoms with E-state index in [9.17, 15) is 4.39 Å². The van der Waals surface area contributed by atoms with Crippen LogP contribution in [-0.4, -0.2) is 4.98 Å². The molecule has 0 spiro atoms. The highest BCUT2D eigenvalue weighted by Crippen LogP contribution is 2.27. The van der Waals surface area contributed by atoms with E-state index in [1.165, 1.54) is 6.07 Å². The van der Waals surface area contributed by atoms with Crippen molar-refractivity contribution in [3.63, 3.8) is 0 Å². The molecule has 2 aromatic rings. The molecule has 1 aromatic carbocycles. The van der Waals surface area contributed by atoms with Gasteiger partial charge in [-0.3, -0.25) is 16.3 Å². The third kappa shape index (κ3) is 2.85. The van der Waals surface area contributed by atoms with Gasteiger partial charge in [-0.15, -0.1) is 0 Å². The number of aromatic nitrogens is 1. The van der Waals surface area contributed by atoms with Crippen molar-refractivity contribution in [2.75, 3.05) is 0 Å². The van der Waals surface area contributed by atoms with Crippen molar-refractivity contribution in [3.8, 4) is 0 Å². The molecule has 3 N–H and O–H groups in total. The smallest absolute Gasteiger partial charge is 0.129 e. The van der Waals surface area contributed by atoms with Crippen molar-refractivity contribution in [2.45, 2.75) is 12.5 Å². The number of pyridine rings is 1. The number of halogens is 2. The lowest BCUT2D eigenvalue weighted by atomic mass is 10.0. The molecular weight excluding hydrogens is 253 g/mol. The topological polar surface area (TPSA) is 50.9 Å². The second kappa shape index (κ2) is 5.91. The summed E-state index contributed by atoms with van der Waals surface area (Å²) in [6.07, 6.45) is 2.16. The Hall–Kier alpha value is -1.49. The number of hydrazine groups is 1. The fourth-order valence-electron chi connectivity index (χ4n) is 1.82. The number of benzene rings is 1. The van der Waals surface area contributed by atoms with E-state index in [-0.39, 0.29) is 5.82 Å². The zero-order chi connectivity index (χ0) is 13.0. The van der Waals surface area contributed by atoms with Gasteiger partial charge in [0.25, 0.3) is 0 Å². The highest BCUT2D eigenvalue weighted by molar-refractivity contribution is 6.31. The third-order valence-electron chi connectivity index (χ3n) is 2.69. The second-order valence-corrected chi connectivity index (χ2v) is 4.29. The Labute approximate surface area is 110 Å². The van der Waals surface area contributed by atoms with Gasteiger partial charge in [0.2, 0.25) is 0 Å². The molecule has 0 aliphatic rings. The molecule has 1 unspecified atom stereocenters. The molecule has 0 saturated carbocycles. The Kier molecular flexibility index (Phi) is 4.25. The number of nitrogens with one attached hydrogen (secondary N) is 1. The summed E-state index contributed by atoms with van der Waals surface area (Å²) < 4.78 is 13.8.